The van der Waals surface area contributed by atoms with E-state index in [1.54, 1.807) is 7.11 Å². The van der Waals surface area contributed by atoms with Gasteiger partial charge in [-0.1, -0.05) is 15.9 Å². The molecule has 1 aliphatic rings. The molecule has 0 bridgehead atoms. The Kier molecular flexibility index (Phi) is 3.52. The van der Waals surface area contributed by atoms with Crippen molar-refractivity contribution in [1.29, 1.82) is 0 Å². The van der Waals surface area contributed by atoms with Crippen LogP contribution in [0.15, 0.2) is 4.47 Å². The van der Waals surface area contributed by atoms with E-state index in [0.717, 1.165) is 38.8 Å². The maximum absolute atomic E-state index is 11.5. The van der Waals surface area contributed by atoms with Crippen molar-refractivity contribution >= 4 is 22.2 Å². The van der Waals surface area contributed by atoms with Crippen molar-refractivity contribution in [3.8, 4) is 5.75 Å². The first kappa shape index (κ1) is 13.6. The summed E-state index contributed by atoms with van der Waals surface area (Å²) in [6, 6.07) is 0. The van der Waals surface area contributed by atoms with Gasteiger partial charge in [-0.25, -0.2) is 0 Å². The van der Waals surface area contributed by atoms with E-state index in [0.29, 0.717) is 13.2 Å². The van der Waals surface area contributed by atoms with Crippen LogP contribution in [-0.4, -0.2) is 26.6 Å². The highest BCUT2D eigenvalue weighted by Gasteiger charge is 2.44. The van der Waals surface area contributed by atoms with Crippen molar-refractivity contribution in [2.75, 3.05) is 20.3 Å². The first-order chi connectivity index (χ1) is 8.48. The van der Waals surface area contributed by atoms with E-state index < -0.39 is 5.41 Å². The summed E-state index contributed by atoms with van der Waals surface area (Å²) in [5.74, 6) is 0.809. The third kappa shape index (κ3) is 1.70. The molecule has 1 aromatic carbocycles. The molecule has 0 radical (unpaired) electrons. The molecule has 0 atom stereocenters. The summed E-state index contributed by atoms with van der Waals surface area (Å²) in [6.45, 7) is 6.94. The summed E-state index contributed by atoms with van der Waals surface area (Å²) in [4.78, 5) is 11.5. The second-order valence-corrected chi connectivity index (χ2v) is 5.66. The van der Waals surface area contributed by atoms with Gasteiger partial charge in [0.1, 0.15) is 17.5 Å². The van der Waals surface area contributed by atoms with Crippen LogP contribution in [0.3, 0.4) is 0 Å². The zero-order valence-corrected chi connectivity index (χ0v) is 12.7. The SMILES string of the molecule is COc1c(C)c(C)c(Br)c(C)c1C1(C=O)COC1. The quantitative estimate of drug-likeness (QED) is 0.805. The van der Waals surface area contributed by atoms with Gasteiger partial charge in [-0.15, -0.1) is 0 Å². The Bertz CT molecular complexity index is 504. The number of carbonyl (C=O) groups excluding carboxylic acids is 1. The van der Waals surface area contributed by atoms with Crippen LogP contribution in [0.5, 0.6) is 5.75 Å². The minimum absolute atomic E-state index is 0.433. The number of hydrogen-bond acceptors (Lipinski definition) is 3. The van der Waals surface area contributed by atoms with Gasteiger partial charge in [0.15, 0.2) is 0 Å². The minimum Gasteiger partial charge on any atom is -0.496 e. The summed E-state index contributed by atoms with van der Waals surface area (Å²) in [5.41, 5.74) is 3.69. The summed E-state index contributed by atoms with van der Waals surface area (Å²) in [5, 5.41) is 0. The number of methoxy groups -OCH3 is 1. The monoisotopic (exact) mass is 312 g/mol. The third-order valence-electron chi connectivity index (χ3n) is 3.81. The fraction of sp³-hybridized carbons (Fsp3) is 0.500. The smallest absolute Gasteiger partial charge is 0.135 e. The van der Waals surface area contributed by atoms with E-state index in [2.05, 4.69) is 15.9 Å². The van der Waals surface area contributed by atoms with E-state index in [1.807, 2.05) is 20.8 Å². The Labute approximate surface area is 116 Å². The molecule has 0 unspecified atom stereocenters. The molecule has 0 saturated carbocycles. The number of rotatable bonds is 3. The molecular weight excluding hydrogens is 296 g/mol. The lowest BCUT2D eigenvalue weighted by molar-refractivity contribution is -0.130. The molecule has 2 rings (SSSR count). The summed E-state index contributed by atoms with van der Waals surface area (Å²) >= 11 is 3.61. The van der Waals surface area contributed by atoms with Crippen LogP contribution in [0.4, 0.5) is 0 Å². The lowest BCUT2D eigenvalue weighted by atomic mass is 9.76. The molecule has 98 valence electrons. The van der Waals surface area contributed by atoms with Gasteiger partial charge in [0.25, 0.3) is 0 Å². The molecule has 1 fully saturated rings. The Hall–Kier alpha value is -0.870. The third-order valence-corrected chi connectivity index (χ3v) is 5.00. The Morgan fingerprint density at radius 2 is 1.83 bits per heavy atom. The zero-order chi connectivity index (χ0) is 13.5. The van der Waals surface area contributed by atoms with Crippen molar-refractivity contribution in [2.24, 2.45) is 0 Å². The molecule has 1 heterocycles. The standard InChI is InChI=1S/C14H17BrO3/c1-8-9(2)13(17-4)11(10(3)12(8)15)14(5-16)6-18-7-14/h5H,6-7H2,1-4H3. The molecule has 0 N–H and O–H groups in total. The van der Waals surface area contributed by atoms with Crippen LogP contribution in [0.25, 0.3) is 0 Å². The second-order valence-electron chi connectivity index (χ2n) is 4.86. The van der Waals surface area contributed by atoms with E-state index >= 15 is 0 Å². The highest BCUT2D eigenvalue weighted by molar-refractivity contribution is 9.10. The molecule has 1 saturated heterocycles. The molecule has 3 nitrogen and oxygen atoms in total. The van der Waals surface area contributed by atoms with Gasteiger partial charge in [-0.05, 0) is 37.5 Å². The van der Waals surface area contributed by atoms with Crippen LogP contribution in [0.1, 0.15) is 22.3 Å². The normalized spacial score (nSPS) is 17.2. The lowest BCUT2D eigenvalue weighted by Crippen LogP contribution is -2.49. The van der Waals surface area contributed by atoms with Gasteiger partial charge in [0.05, 0.1) is 20.3 Å². The van der Waals surface area contributed by atoms with Crippen LogP contribution < -0.4 is 4.74 Å². The molecular formula is C14H17BrO3. The number of benzene rings is 1. The second kappa shape index (κ2) is 4.67. The maximum Gasteiger partial charge on any atom is 0.135 e. The van der Waals surface area contributed by atoms with Crippen LogP contribution >= 0.6 is 15.9 Å². The van der Waals surface area contributed by atoms with Crippen molar-refractivity contribution in [1.82, 2.24) is 0 Å². The van der Waals surface area contributed by atoms with Gasteiger partial charge in [0, 0.05) is 10.0 Å². The molecule has 1 aromatic rings. The number of halogens is 1. The van der Waals surface area contributed by atoms with Gasteiger partial charge in [-0.3, -0.25) is 0 Å². The predicted octanol–water partition coefficient (Wildman–Crippen LogP) is 2.85. The van der Waals surface area contributed by atoms with Gasteiger partial charge in [0.2, 0.25) is 0 Å². The molecule has 0 aromatic heterocycles. The Balaban J connectivity index is 2.77. The van der Waals surface area contributed by atoms with E-state index in [1.165, 1.54) is 0 Å². The number of aldehydes is 1. The van der Waals surface area contributed by atoms with Crippen molar-refractivity contribution in [3.63, 3.8) is 0 Å². The lowest BCUT2D eigenvalue weighted by Gasteiger charge is -2.39. The van der Waals surface area contributed by atoms with E-state index in [-0.39, 0.29) is 0 Å². The molecule has 4 heteroatoms. The average molecular weight is 313 g/mol. The van der Waals surface area contributed by atoms with Gasteiger partial charge >= 0.3 is 0 Å². The van der Waals surface area contributed by atoms with Crippen LogP contribution in [0.2, 0.25) is 0 Å². The summed E-state index contributed by atoms with van der Waals surface area (Å²) in [7, 11) is 1.65. The zero-order valence-electron chi connectivity index (χ0n) is 11.1. The molecule has 0 spiro atoms. The van der Waals surface area contributed by atoms with Gasteiger partial charge in [-0.2, -0.15) is 0 Å². The summed E-state index contributed by atoms with van der Waals surface area (Å²) in [6.07, 6.45) is 0.989. The topological polar surface area (TPSA) is 35.5 Å². The van der Waals surface area contributed by atoms with Crippen molar-refractivity contribution in [3.05, 3.63) is 26.7 Å². The van der Waals surface area contributed by atoms with Crippen molar-refractivity contribution < 1.29 is 14.3 Å². The fourth-order valence-corrected chi connectivity index (χ4v) is 3.03. The largest absolute Gasteiger partial charge is 0.496 e. The molecule has 0 amide bonds. The average Bonchev–Trinajstić information content (AvgIpc) is 2.32. The Morgan fingerprint density at radius 3 is 2.22 bits per heavy atom. The highest BCUT2D eigenvalue weighted by Crippen LogP contribution is 2.44. The van der Waals surface area contributed by atoms with Crippen LogP contribution in [0, 0.1) is 20.8 Å². The fourth-order valence-electron chi connectivity index (χ4n) is 2.53. The van der Waals surface area contributed by atoms with E-state index in [4.69, 9.17) is 9.47 Å². The van der Waals surface area contributed by atoms with E-state index in [9.17, 15) is 4.79 Å². The highest BCUT2D eigenvalue weighted by atomic mass is 79.9. The molecule has 18 heavy (non-hydrogen) atoms. The molecule has 1 aliphatic heterocycles. The van der Waals surface area contributed by atoms with Crippen molar-refractivity contribution in [2.45, 2.75) is 26.2 Å². The number of ether oxygens (including phenoxy) is 2. The number of carbonyl (C=O) groups is 1. The van der Waals surface area contributed by atoms with Crippen LogP contribution in [-0.2, 0) is 14.9 Å². The maximum atomic E-state index is 11.5. The minimum atomic E-state index is -0.545. The summed E-state index contributed by atoms with van der Waals surface area (Å²) < 4.78 is 11.8. The first-order valence-corrected chi connectivity index (χ1v) is 6.65. The predicted molar refractivity (Wildman–Crippen MR) is 73.5 cm³/mol. The Morgan fingerprint density at radius 1 is 1.22 bits per heavy atom. The number of hydrogen-bond donors (Lipinski definition) is 0. The molecule has 0 aliphatic carbocycles. The first-order valence-electron chi connectivity index (χ1n) is 5.86. The van der Waals surface area contributed by atoms with Gasteiger partial charge < -0.3 is 14.3 Å².